The third-order valence-corrected chi connectivity index (χ3v) is 3.88. The first kappa shape index (κ1) is 14.0. The highest BCUT2D eigenvalue weighted by molar-refractivity contribution is 4.87. The Balaban J connectivity index is 2.50. The van der Waals surface area contributed by atoms with Crippen molar-refractivity contribution in [2.75, 3.05) is 13.2 Å². The van der Waals surface area contributed by atoms with Gasteiger partial charge in [0.25, 0.3) is 0 Å². The Morgan fingerprint density at radius 2 is 2.06 bits per heavy atom. The summed E-state index contributed by atoms with van der Waals surface area (Å²) >= 11 is 0. The van der Waals surface area contributed by atoms with Crippen molar-refractivity contribution in [1.82, 2.24) is 0 Å². The third kappa shape index (κ3) is 4.06. The zero-order chi connectivity index (χ0) is 12.2. The minimum atomic E-state index is 0.239. The molecule has 0 spiro atoms. The van der Waals surface area contributed by atoms with Crippen molar-refractivity contribution >= 4 is 0 Å². The van der Waals surface area contributed by atoms with Crippen LogP contribution in [0.15, 0.2) is 0 Å². The van der Waals surface area contributed by atoms with E-state index in [1.54, 1.807) is 0 Å². The fraction of sp³-hybridized carbons (Fsp3) is 1.00. The minimum Gasteiger partial charge on any atom is -0.396 e. The van der Waals surface area contributed by atoms with Crippen molar-refractivity contribution in [1.29, 1.82) is 0 Å². The predicted octanol–water partition coefficient (Wildman–Crippen LogP) is 3.24. The van der Waals surface area contributed by atoms with Crippen LogP contribution in [0.3, 0.4) is 0 Å². The number of ether oxygens (including phenoxy) is 1. The first-order chi connectivity index (χ1) is 7.46. The van der Waals surface area contributed by atoms with Crippen LogP contribution in [0.25, 0.3) is 0 Å². The summed E-state index contributed by atoms with van der Waals surface area (Å²) < 4.78 is 5.97. The fourth-order valence-corrected chi connectivity index (χ4v) is 2.79. The normalized spacial score (nSPS) is 29.6. The highest BCUT2D eigenvalue weighted by atomic mass is 16.5. The van der Waals surface area contributed by atoms with Gasteiger partial charge in [0, 0.05) is 13.2 Å². The van der Waals surface area contributed by atoms with E-state index in [0.717, 1.165) is 6.42 Å². The van der Waals surface area contributed by atoms with Gasteiger partial charge in [-0.1, -0.05) is 27.7 Å². The number of hydrogen-bond donors (Lipinski definition) is 1. The van der Waals surface area contributed by atoms with E-state index in [0.29, 0.717) is 30.0 Å². The molecule has 16 heavy (non-hydrogen) atoms. The van der Waals surface area contributed by atoms with Crippen LogP contribution in [0.5, 0.6) is 0 Å². The Bertz CT molecular complexity index is 199. The van der Waals surface area contributed by atoms with Gasteiger partial charge in [-0.3, -0.25) is 0 Å². The predicted molar refractivity (Wildman–Crippen MR) is 67.4 cm³/mol. The Kier molecular flexibility index (Phi) is 5.26. The van der Waals surface area contributed by atoms with E-state index in [4.69, 9.17) is 9.84 Å². The lowest BCUT2D eigenvalue weighted by molar-refractivity contribution is -0.0604. The minimum absolute atomic E-state index is 0.239. The Morgan fingerprint density at radius 3 is 2.62 bits per heavy atom. The molecule has 0 aliphatic heterocycles. The molecule has 1 N–H and O–H groups in total. The highest BCUT2D eigenvalue weighted by Crippen LogP contribution is 2.42. The molecule has 0 aromatic rings. The van der Waals surface area contributed by atoms with Gasteiger partial charge in [-0.2, -0.15) is 0 Å². The molecule has 1 fully saturated rings. The molecule has 1 rings (SSSR count). The lowest BCUT2D eigenvalue weighted by Gasteiger charge is -2.42. The number of aliphatic hydroxyl groups is 1. The van der Waals surface area contributed by atoms with Crippen molar-refractivity contribution in [2.24, 2.45) is 17.3 Å². The standard InChI is InChI=1S/C14H28O2/c1-11(2)12-6-7-14(3,4)10-13(12)16-9-5-8-15/h11-13,15H,5-10H2,1-4H3. The molecule has 2 unspecified atom stereocenters. The zero-order valence-corrected chi connectivity index (χ0v) is 11.3. The maximum atomic E-state index is 8.79. The van der Waals surface area contributed by atoms with Gasteiger partial charge in [0.1, 0.15) is 0 Å². The molecule has 1 saturated carbocycles. The maximum absolute atomic E-state index is 8.79. The second kappa shape index (κ2) is 6.02. The molecule has 0 radical (unpaired) electrons. The molecular formula is C14H28O2. The van der Waals surface area contributed by atoms with E-state index in [2.05, 4.69) is 27.7 Å². The van der Waals surface area contributed by atoms with Gasteiger partial charge in [-0.15, -0.1) is 0 Å². The number of aliphatic hydroxyl groups excluding tert-OH is 1. The lowest BCUT2D eigenvalue weighted by atomic mass is 9.68. The zero-order valence-electron chi connectivity index (χ0n) is 11.3. The van der Waals surface area contributed by atoms with E-state index in [-0.39, 0.29) is 6.61 Å². The van der Waals surface area contributed by atoms with Crippen LogP contribution in [-0.4, -0.2) is 24.4 Å². The van der Waals surface area contributed by atoms with Crippen molar-refractivity contribution in [3.8, 4) is 0 Å². The summed E-state index contributed by atoms with van der Waals surface area (Å²) in [7, 11) is 0. The summed E-state index contributed by atoms with van der Waals surface area (Å²) in [5, 5.41) is 8.79. The molecule has 0 heterocycles. The van der Waals surface area contributed by atoms with Crippen LogP contribution < -0.4 is 0 Å². The number of rotatable bonds is 5. The van der Waals surface area contributed by atoms with E-state index in [9.17, 15) is 0 Å². The molecule has 0 bridgehead atoms. The van der Waals surface area contributed by atoms with Crippen LogP contribution in [-0.2, 0) is 4.74 Å². The molecule has 2 atom stereocenters. The van der Waals surface area contributed by atoms with Crippen molar-refractivity contribution < 1.29 is 9.84 Å². The summed E-state index contributed by atoms with van der Waals surface area (Å²) in [6.07, 6.45) is 4.93. The van der Waals surface area contributed by atoms with E-state index >= 15 is 0 Å². The smallest absolute Gasteiger partial charge is 0.0610 e. The summed E-state index contributed by atoms with van der Waals surface area (Å²) in [4.78, 5) is 0. The van der Waals surface area contributed by atoms with Crippen LogP contribution >= 0.6 is 0 Å². The lowest BCUT2D eigenvalue weighted by Crippen LogP contribution is -2.38. The number of hydrogen-bond acceptors (Lipinski definition) is 2. The van der Waals surface area contributed by atoms with E-state index in [1.165, 1.54) is 19.3 Å². The maximum Gasteiger partial charge on any atom is 0.0610 e. The summed E-state index contributed by atoms with van der Waals surface area (Å²) in [5.41, 5.74) is 0.426. The molecule has 2 heteroatoms. The molecule has 96 valence electrons. The van der Waals surface area contributed by atoms with Gasteiger partial charge < -0.3 is 9.84 Å². The fourth-order valence-electron chi connectivity index (χ4n) is 2.79. The van der Waals surface area contributed by atoms with Crippen LogP contribution in [0.1, 0.15) is 53.4 Å². The topological polar surface area (TPSA) is 29.5 Å². The summed E-state index contributed by atoms with van der Waals surface area (Å²) in [5.74, 6) is 1.40. The van der Waals surface area contributed by atoms with Crippen molar-refractivity contribution in [2.45, 2.75) is 59.5 Å². The van der Waals surface area contributed by atoms with Crippen LogP contribution in [0.4, 0.5) is 0 Å². The van der Waals surface area contributed by atoms with E-state index < -0.39 is 0 Å². The molecular weight excluding hydrogens is 200 g/mol. The quantitative estimate of drug-likeness (QED) is 0.732. The molecule has 1 aliphatic carbocycles. The van der Waals surface area contributed by atoms with Gasteiger partial charge >= 0.3 is 0 Å². The Morgan fingerprint density at radius 1 is 1.38 bits per heavy atom. The first-order valence-corrected chi connectivity index (χ1v) is 6.69. The average molecular weight is 228 g/mol. The molecule has 0 aromatic heterocycles. The molecule has 2 nitrogen and oxygen atoms in total. The highest BCUT2D eigenvalue weighted by Gasteiger charge is 2.36. The summed E-state index contributed by atoms with van der Waals surface area (Å²) in [6, 6.07) is 0. The van der Waals surface area contributed by atoms with Gasteiger partial charge in [-0.25, -0.2) is 0 Å². The Hall–Kier alpha value is -0.0800. The van der Waals surface area contributed by atoms with Gasteiger partial charge in [0.05, 0.1) is 6.10 Å². The third-order valence-electron chi connectivity index (χ3n) is 3.88. The molecule has 0 aromatic carbocycles. The van der Waals surface area contributed by atoms with Crippen molar-refractivity contribution in [3.63, 3.8) is 0 Å². The van der Waals surface area contributed by atoms with Gasteiger partial charge in [0.2, 0.25) is 0 Å². The summed E-state index contributed by atoms with van der Waals surface area (Å²) in [6.45, 7) is 10.2. The van der Waals surface area contributed by atoms with Crippen LogP contribution in [0.2, 0.25) is 0 Å². The second-order valence-electron chi connectivity index (χ2n) is 6.30. The van der Waals surface area contributed by atoms with Crippen LogP contribution in [0, 0.1) is 17.3 Å². The Labute approximate surface area is 100 Å². The molecule has 0 saturated heterocycles. The largest absolute Gasteiger partial charge is 0.396 e. The second-order valence-corrected chi connectivity index (χ2v) is 6.30. The molecule has 0 amide bonds. The van der Waals surface area contributed by atoms with Crippen molar-refractivity contribution in [3.05, 3.63) is 0 Å². The molecule has 1 aliphatic rings. The monoisotopic (exact) mass is 228 g/mol. The first-order valence-electron chi connectivity index (χ1n) is 6.69. The van der Waals surface area contributed by atoms with Gasteiger partial charge in [-0.05, 0) is 42.9 Å². The average Bonchev–Trinajstić information content (AvgIpc) is 2.16. The van der Waals surface area contributed by atoms with Gasteiger partial charge in [0.15, 0.2) is 0 Å². The SMILES string of the molecule is CC(C)C1CCC(C)(C)CC1OCCCO. The van der Waals surface area contributed by atoms with E-state index in [1.807, 2.05) is 0 Å².